The zero-order chi connectivity index (χ0) is 13.1. The van der Waals surface area contributed by atoms with Gasteiger partial charge in [0.05, 0.1) is 0 Å². The molecule has 0 bridgehead atoms. The third-order valence-corrected chi connectivity index (χ3v) is 5.38. The van der Waals surface area contributed by atoms with Crippen LogP contribution in [-0.4, -0.2) is 12.3 Å². The molecule has 0 heterocycles. The lowest BCUT2D eigenvalue weighted by atomic mass is 10.0. The normalized spacial score (nSPS) is 10.6. The fraction of sp³-hybridized carbons (Fsp3) is 0.600. The van der Waals surface area contributed by atoms with Crippen molar-refractivity contribution < 1.29 is 0 Å². The number of aryl methyl sites for hydroxylation is 1. The molecule has 0 aliphatic heterocycles. The van der Waals surface area contributed by atoms with Crippen molar-refractivity contribution in [2.75, 3.05) is 0 Å². The highest BCUT2D eigenvalue weighted by molar-refractivity contribution is 7.33. The Morgan fingerprint density at radius 3 is 1.89 bits per heavy atom. The van der Waals surface area contributed by atoms with Crippen molar-refractivity contribution in [3.8, 4) is 0 Å². The summed E-state index contributed by atoms with van der Waals surface area (Å²) in [7, 11) is 11.6. The Labute approximate surface area is 124 Å². The molecule has 1 aromatic carbocycles. The first kappa shape index (κ1) is 16.4. The van der Waals surface area contributed by atoms with Gasteiger partial charge in [-0.25, -0.2) is 20.1 Å². The van der Waals surface area contributed by atoms with Crippen LogP contribution in [0.3, 0.4) is 0 Å². The van der Waals surface area contributed by atoms with Crippen LogP contribution in [0, 0.1) is 0 Å². The van der Waals surface area contributed by atoms with E-state index in [1.807, 2.05) is 0 Å². The molecule has 0 saturated carbocycles. The van der Waals surface area contributed by atoms with Crippen LogP contribution < -0.4 is 0 Å². The average molecular weight is 301 g/mol. The highest BCUT2D eigenvalue weighted by Gasteiger charge is 2.08. The number of rotatable bonds is 10. The first-order chi connectivity index (χ1) is 8.79. The van der Waals surface area contributed by atoms with Crippen LogP contribution in [0.2, 0.25) is 5.28 Å². The minimum atomic E-state index is -1.33. The van der Waals surface area contributed by atoms with E-state index in [9.17, 15) is 0 Å². The highest BCUT2D eigenvalue weighted by atomic mass is 35.7. The molecular formula is C15H23AlCl2. The summed E-state index contributed by atoms with van der Waals surface area (Å²) in [4.78, 5) is 0. The van der Waals surface area contributed by atoms with Gasteiger partial charge in [0, 0.05) is 0 Å². The number of hydrogen-bond acceptors (Lipinski definition) is 0. The second-order valence-electron chi connectivity index (χ2n) is 4.89. The number of unbranched alkanes of at least 4 members (excludes halogenated alkanes) is 6. The van der Waals surface area contributed by atoms with E-state index in [1.54, 1.807) is 0 Å². The van der Waals surface area contributed by atoms with Gasteiger partial charge in [0.2, 0.25) is 0 Å². The van der Waals surface area contributed by atoms with Gasteiger partial charge in [-0.2, -0.15) is 0 Å². The molecule has 0 unspecified atom stereocenters. The largest absolute Gasteiger partial charge is 0.519 e. The van der Waals surface area contributed by atoms with Gasteiger partial charge in [0.1, 0.15) is 0 Å². The Morgan fingerprint density at radius 1 is 0.722 bits per heavy atom. The SMILES string of the molecule is [Cl][Al]([Cl])[CH2]CCCCCCCCc1ccccc1. The van der Waals surface area contributed by atoms with Crippen molar-refractivity contribution in [3.05, 3.63) is 35.9 Å². The van der Waals surface area contributed by atoms with E-state index < -0.39 is 12.3 Å². The van der Waals surface area contributed by atoms with E-state index in [0.29, 0.717) is 0 Å². The van der Waals surface area contributed by atoms with E-state index in [0.717, 1.165) is 5.28 Å². The molecule has 0 N–H and O–H groups in total. The van der Waals surface area contributed by atoms with Gasteiger partial charge in [-0.15, -0.1) is 0 Å². The van der Waals surface area contributed by atoms with E-state index in [4.69, 9.17) is 20.1 Å². The summed E-state index contributed by atoms with van der Waals surface area (Å²) in [6, 6.07) is 10.8. The lowest BCUT2D eigenvalue weighted by Crippen LogP contribution is -1.91. The second kappa shape index (κ2) is 11.2. The third-order valence-electron chi connectivity index (χ3n) is 3.23. The van der Waals surface area contributed by atoms with E-state index in [2.05, 4.69) is 30.3 Å². The molecule has 18 heavy (non-hydrogen) atoms. The molecule has 0 amide bonds. The zero-order valence-corrected chi connectivity index (χ0v) is 13.8. The molecule has 0 saturated heterocycles. The van der Waals surface area contributed by atoms with Crippen molar-refractivity contribution in [2.24, 2.45) is 0 Å². The van der Waals surface area contributed by atoms with Gasteiger partial charge in [-0.05, 0) is 18.4 Å². The molecular weight excluding hydrogens is 278 g/mol. The molecule has 0 aliphatic carbocycles. The Hall–Kier alpha value is 0.332. The Morgan fingerprint density at radius 2 is 1.28 bits per heavy atom. The predicted molar refractivity (Wildman–Crippen MR) is 84.7 cm³/mol. The summed E-state index contributed by atoms with van der Waals surface area (Å²) >= 11 is -1.33. The number of halogens is 2. The molecule has 1 aromatic rings. The molecule has 0 spiro atoms. The highest BCUT2D eigenvalue weighted by Crippen LogP contribution is 2.13. The summed E-state index contributed by atoms with van der Waals surface area (Å²) in [5.74, 6) is 0. The van der Waals surface area contributed by atoms with Crippen LogP contribution in [0.1, 0.15) is 50.5 Å². The maximum Gasteiger partial charge on any atom is 0.519 e. The maximum absolute atomic E-state index is 5.82. The van der Waals surface area contributed by atoms with Crippen LogP contribution >= 0.6 is 20.1 Å². The fourth-order valence-corrected chi connectivity index (χ4v) is 3.68. The van der Waals surface area contributed by atoms with E-state index in [-0.39, 0.29) is 0 Å². The minimum Gasteiger partial charge on any atom is -0.234 e. The molecule has 0 aromatic heterocycles. The van der Waals surface area contributed by atoms with Crippen LogP contribution in [0.4, 0.5) is 0 Å². The van der Waals surface area contributed by atoms with Crippen molar-refractivity contribution in [1.29, 1.82) is 0 Å². The Bertz CT molecular complexity index is 288. The van der Waals surface area contributed by atoms with Gasteiger partial charge >= 0.3 is 12.3 Å². The van der Waals surface area contributed by atoms with Crippen LogP contribution in [0.5, 0.6) is 0 Å². The average Bonchev–Trinajstić information content (AvgIpc) is 2.37. The van der Waals surface area contributed by atoms with Gasteiger partial charge in [0.15, 0.2) is 0 Å². The Kier molecular flexibility index (Phi) is 10.2. The van der Waals surface area contributed by atoms with Crippen molar-refractivity contribution in [3.63, 3.8) is 0 Å². The topological polar surface area (TPSA) is 0 Å². The smallest absolute Gasteiger partial charge is 0.234 e. The minimum absolute atomic E-state index is 1.08. The monoisotopic (exact) mass is 300 g/mol. The molecule has 0 atom stereocenters. The molecule has 0 radical (unpaired) electrons. The Balaban J connectivity index is 1.84. The summed E-state index contributed by atoms with van der Waals surface area (Å²) in [6.07, 6.45) is 10.5. The summed E-state index contributed by atoms with van der Waals surface area (Å²) < 4.78 is 0. The molecule has 1 rings (SSSR count). The number of hydrogen-bond donors (Lipinski definition) is 0. The van der Waals surface area contributed by atoms with Crippen molar-refractivity contribution in [2.45, 2.75) is 56.6 Å². The first-order valence-electron chi connectivity index (χ1n) is 7.11. The quantitative estimate of drug-likeness (QED) is 0.371. The molecule has 0 nitrogen and oxygen atoms in total. The van der Waals surface area contributed by atoms with Gasteiger partial charge in [-0.3, -0.25) is 0 Å². The molecule has 0 aliphatic rings. The standard InChI is InChI=1S/C15H23.Al.2ClH/c1-2-3-4-5-6-7-9-12-15-13-10-8-11-14-15;;;/h8,10-11,13-14H,1-7,9,12H2;;2*1H/q;+2;;/p-2. The molecule has 0 fully saturated rings. The van der Waals surface area contributed by atoms with Crippen molar-refractivity contribution in [1.82, 2.24) is 0 Å². The zero-order valence-electron chi connectivity index (χ0n) is 11.1. The fourth-order valence-electron chi connectivity index (χ4n) is 2.16. The van der Waals surface area contributed by atoms with E-state index >= 15 is 0 Å². The summed E-state index contributed by atoms with van der Waals surface area (Å²) in [6.45, 7) is 0. The summed E-state index contributed by atoms with van der Waals surface area (Å²) in [5, 5.41) is 1.08. The third kappa shape index (κ3) is 9.29. The second-order valence-corrected chi connectivity index (χ2v) is 10.1. The lowest BCUT2D eigenvalue weighted by molar-refractivity contribution is 0.589. The number of benzene rings is 1. The lowest BCUT2D eigenvalue weighted by Gasteiger charge is -2.02. The van der Waals surface area contributed by atoms with Crippen LogP contribution in [-0.2, 0) is 6.42 Å². The molecule has 3 heteroatoms. The maximum atomic E-state index is 5.82. The summed E-state index contributed by atoms with van der Waals surface area (Å²) in [5.41, 5.74) is 1.47. The van der Waals surface area contributed by atoms with Gasteiger partial charge < -0.3 is 0 Å². The predicted octanol–water partition coefficient (Wildman–Crippen LogP) is 5.93. The van der Waals surface area contributed by atoms with Gasteiger partial charge in [-0.1, -0.05) is 74.1 Å². The van der Waals surface area contributed by atoms with Gasteiger partial charge in [0.25, 0.3) is 0 Å². The van der Waals surface area contributed by atoms with E-state index in [1.165, 1.54) is 56.9 Å². The van der Waals surface area contributed by atoms with Crippen LogP contribution in [0.25, 0.3) is 0 Å². The first-order valence-corrected chi connectivity index (χ1v) is 11.4. The van der Waals surface area contributed by atoms with Crippen molar-refractivity contribution >= 4 is 32.4 Å². The van der Waals surface area contributed by atoms with Crippen LogP contribution in [0.15, 0.2) is 30.3 Å². The molecule has 100 valence electrons.